The van der Waals surface area contributed by atoms with Gasteiger partial charge in [0.05, 0.1) is 18.0 Å². The minimum absolute atomic E-state index is 0.0368. The fourth-order valence-corrected chi connectivity index (χ4v) is 1.77. The molecule has 2 rings (SSSR count). The molecule has 0 saturated heterocycles. The van der Waals surface area contributed by atoms with E-state index in [4.69, 9.17) is 10.8 Å². The van der Waals surface area contributed by atoms with Gasteiger partial charge in [-0.2, -0.15) is 5.10 Å². The second kappa shape index (κ2) is 2.88. The zero-order chi connectivity index (χ0) is 8.55. The van der Waals surface area contributed by atoms with Gasteiger partial charge in [0.2, 0.25) is 0 Å². The van der Waals surface area contributed by atoms with Crippen LogP contribution in [0.15, 0.2) is 0 Å². The summed E-state index contributed by atoms with van der Waals surface area (Å²) in [5.41, 5.74) is 8.77. The Balaban J connectivity index is 2.41. The molecule has 0 amide bonds. The summed E-state index contributed by atoms with van der Waals surface area (Å²) in [5.74, 6) is 0. The van der Waals surface area contributed by atoms with Crippen LogP contribution in [0.3, 0.4) is 0 Å². The molecule has 66 valence electrons. The maximum Gasteiger partial charge on any atom is 0.0850 e. The molecule has 0 aliphatic heterocycles. The van der Waals surface area contributed by atoms with Gasteiger partial charge in [0, 0.05) is 11.6 Å². The van der Waals surface area contributed by atoms with E-state index >= 15 is 0 Å². The van der Waals surface area contributed by atoms with Gasteiger partial charge in [-0.05, 0) is 19.3 Å². The predicted octanol–water partition coefficient (Wildman–Crippen LogP) is 0.238. The van der Waals surface area contributed by atoms with Crippen molar-refractivity contribution in [3.8, 4) is 0 Å². The molecule has 1 aromatic heterocycles. The number of nitrogens with one attached hydrogen (secondary N) is 1. The Labute approximate surface area is 70.8 Å². The first-order chi connectivity index (χ1) is 5.83. The van der Waals surface area contributed by atoms with Gasteiger partial charge < -0.3 is 10.8 Å². The van der Waals surface area contributed by atoms with Crippen molar-refractivity contribution in [2.75, 3.05) is 0 Å². The number of aliphatic hydroxyl groups excluding tert-OH is 1. The molecule has 4 nitrogen and oxygen atoms in total. The first-order valence-corrected chi connectivity index (χ1v) is 4.25. The van der Waals surface area contributed by atoms with Gasteiger partial charge in [-0.25, -0.2) is 0 Å². The van der Waals surface area contributed by atoms with Crippen LogP contribution < -0.4 is 5.73 Å². The molecule has 0 saturated carbocycles. The van der Waals surface area contributed by atoms with Crippen molar-refractivity contribution in [1.82, 2.24) is 10.2 Å². The van der Waals surface area contributed by atoms with Gasteiger partial charge in [-0.1, -0.05) is 0 Å². The maximum atomic E-state index is 8.96. The molecule has 1 aromatic rings. The fraction of sp³-hybridized carbons (Fsp3) is 0.625. The molecule has 4 heteroatoms. The van der Waals surface area contributed by atoms with Gasteiger partial charge in [0.15, 0.2) is 0 Å². The summed E-state index contributed by atoms with van der Waals surface area (Å²) in [6, 6.07) is 0.0605. The van der Waals surface area contributed by atoms with Crippen LogP contribution in [-0.2, 0) is 13.0 Å². The Morgan fingerprint density at radius 2 is 2.50 bits per heavy atom. The minimum Gasteiger partial charge on any atom is -0.390 e. The number of aromatic amines is 1. The summed E-state index contributed by atoms with van der Waals surface area (Å²) in [4.78, 5) is 0. The third-order valence-electron chi connectivity index (χ3n) is 2.44. The standard InChI is InChI=1S/C8H13N3O/c9-6-3-1-2-5-7(4-12)10-11-8(5)6/h6,12H,1-4,9H2,(H,10,11). The highest BCUT2D eigenvalue weighted by atomic mass is 16.3. The van der Waals surface area contributed by atoms with Crippen LogP contribution in [0.2, 0.25) is 0 Å². The normalized spacial score (nSPS) is 22.3. The zero-order valence-electron chi connectivity index (χ0n) is 6.88. The highest BCUT2D eigenvalue weighted by molar-refractivity contribution is 5.29. The quantitative estimate of drug-likeness (QED) is 0.560. The molecule has 1 aliphatic rings. The van der Waals surface area contributed by atoms with Crippen LogP contribution in [-0.4, -0.2) is 15.3 Å². The number of aliphatic hydroxyl groups is 1. The smallest absolute Gasteiger partial charge is 0.0850 e. The summed E-state index contributed by atoms with van der Waals surface area (Å²) in [6.45, 7) is 0.0368. The summed E-state index contributed by atoms with van der Waals surface area (Å²) < 4.78 is 0. The highest BCUT2D eigenvalue weighted by Crippen LogP contribution is 2.27. The fourth-order valence-electron chi connectivity index (χ4n) is 1.77. The van der Waals surface area contributed by atoms with Crippen molar-refractivity contribution in [2.45, 2.75) is 31.9 Å². The van der Waals surface area contributed by atoms with Crippen molar-refractivity contribution in [3.63, 3.8) is 0 Å². The van der Waals surface area contributed by atoms with Gasteiger partial charge in [0.25, 0.3) is 0 Å². The zero-order valence-corrected chi connectivity index (χ0v) is 6.88. The monoisotopic (exact) mass is 167 g/mol. The second-order valence-corrected chi connectivity index (χ2v) is 3.22. The number of H-pyrrole nitrogens is 1. The van der Waals surface area contributed by atoms with E-state index in [0.717, 1.165) is 36.2 Å². The van der Waals surface area contributed by atoms with Crippen LogP contribution >= 0.6 is 0 Å². The molecular weight excluding hydrogens is 154 g/mol. The van der Waals surface area contributed by atoms with Crippen molar-refractivity contribution >= 4 is 0 Å². The maximum absolute atomic E-state index is 8.96. The van der Waals surface area contributed by atoms with Crippen LogP contribution in [0.5, 0.6) is 0 Å². The van der Waals surface area contributed by atoms with Gasteiger partial charge in [0.1, 0.15) is 0 Å². The Morgan fingerprint density at radius 1 is 1.67 bits per heavy atom. The molecule has 12 heavy (non-hydrogen) atoms. The van der Waals surface area contributed by atoms with E-state index in [0.29, 0.717) is 0 Å². The van der Waals surface area contributed by atoms with Crippen molar-refractivity contribution < 1.29 is 5.11 Å². The number of nitrogens with zero attached hydrogens (tertiary/aromatic N) is 1. The Morgan fingerprint density at radius 3 is 3.25 bits per heavy atom. The SMILES string of the molecule is NC1CCCc2c1n[nH]c2CO. The molecule has 1 atom stereocenters. The number of fused-ring (bicyclic) bond motifs is 1. The van der Waals surface area contributed by atoms with Crippen LogP contribution in [0.25, 0.3) is 0 Å². The third kappa shape index (κ3) is 1.04. The molecule has 4 N–H and O–H groups in total. The average Bonchev–Trinajstić information content (AvgIpc) is 2.49. The number of aromatic nitrogens is 2. The molecule has 0 bridgehead atoms. The number of hydrogen-bond acceptors (Lipinski definition) is 3. The molecular formula is C8H13N3O. The minimum atomic E-state index is 0.0368. The second-order valence-electron chi connectivity index (χ2n) is 3.22. The van der Waals surface area contributed by atoms with Crippen LogP contribution in [0, 0.1) is 0 Å². The van der Waals surface area contributed by atoms with Crippen molar-refractivity contribution in [3.05, 3.63) is 17.0 Å². The van der Waals surface area contributed by atoms with E-state index in [2.05, 4.69) is 10.2 Å². The molecule has 0 radical (unpaired) electrons. The predicted molar refractivity (Wildman–Crippen MR) is 44.4 cm³/mol. The van der Waals surface area contributed by atoms with Crippen molar-refractivity contribution in [1.29, 1.82) is 0 Å². The lowest BCUT2D eigenvalue weighted by molar-refractivity contribution is 0.275. The third-order valence-corrected chi connectivity index (χ3v) is 2.44. The molecule has 1 heterocycles. The first kappa shape index (κ1) is 7.76. The van der Waals surface area contributed by atoms with Gasteiger partial charge >= 0.3 is 0 Å². The van der Waals surface area contributed by atoms with E-state index < -0.39 is 0 Å². The molecule has 1 aliphatic carbocycles. The van der Waals surface area contributed by atoms with E-state index in [1.807, 2.05) is 0 Å². The van der Waals surface area contributed by atoms with E-state index in [-0.39, 0.29) is 12.6 Å². The van der Waals surface area contributed by atoms with E-state index in [1.54, 1.807) is 0 Å². The van der Waals surface area contributed by atoms with Crippen LogP contribution in [0.1, 0.15) is 35.8 Å². The Bertz CT molecular complexity index is 282. The lowest BCUT2D eigenvalue weighted by Crippen LogP contribution is -2.17. The number of rotatable bonds is 1. The first-order valence-electron chi connectivity index (χ1n) is 4.25. The van der Waals surface area contributed by atoms with Crippen LogP contribution in [0.4, 0.5) is 0 Å². The lowest BCUT2D eigenvalue weighted by Gasteiger charge is -2.16. The van der Waals surface area contributed by atoms with Crippen molar-refractivity contribution in [2.24, 2.45) is 5.73 Å². The number of hydrogen-bond donors (Lipinski definition) is 3. The summed E-state index contributed by atoms with van der Waals surface area (Å²) in [6.07, 6.45) is 3.10. The molecule has 0 spiro atoms. The lowest BCUT2D eigenvalue weighted by atomic mass is 9.92. The Hall–Kier alpha value is -0.870. The van der Waals surface area contributed by atoms with Gasteiger partial charge in [-0.3, -0.25) is 5.10 Å². The average molecular weight is 167 g/mol. The van der Waals surface area contributed by atoms with E-state index in [9.17, 15) is 0 Å². The summed E-state index contributed by atoms with van der Waals surface area (Å²) in [7, 11) is 0. The topological polar surface area (TPSA) is 74.9 Å². The molecule has 1 unspecified atom stereocenters. The van der Waals surface area contributed by atoms with Gasteiger partial charge in [-0.15, -0.1) is 0 Å². The molecule has 0 aromatic carbocycles. The largest absolute Gasteiger partial charge is 0.390 e. The molecule has 0 fully saturated rings. The Kier molecular flexibility index (Phi) is 1.86. The summed E-state index contributed by atoms with van der Waals surface area (Å²) >= 11 is 0. The highest BCUT2D eigenvalue weighted by Gasteiger charge is 2.22. The van der Waals surface area contributed by atoms with E-state index in [1.165, 1.54) is 0 Å². The summed E-state index contributed by atoms with van der Waals surface area (Å²) in [5, 5.41) is 15.9. The number of nitrogens with two attached hydrogens (primary N) is 1.